The second-order valence-corrected chi connectivity index (χ2v) is 7.61. The zero-order chi connectivity index (χ0) is 20.1. The Bertz CT molecular complexity index is 1120. The molecule has 2 heterocycles. The van der Waals surface area contributed by atoms with Crippen LogP contribution in [0.3, 0.4) is 0 Å². The summed E-state index contributed by atoms with van der Waals surface area (Å²) in [6.07, 6.45) is 0.248. The molecule has 0 bridgehead atoms. The van der Waals surface area contributed by atoms with Gasteiger partial charge in [-0.25, -0.2) is 4.39 Å². The molecule has 1 aliphatic heterocycles. The number of fused-ring (bicyclic) bond motifs is 2. The van der Waals surface area contributed by atoms with E-state index in [1.165, 1.54) is 12.1 Å². The standard InChI is InChI=1S/C22H20FN3O3/c1-26(22(28)19-11-29-19)20-15-5-3-2-4-12(15)9-17(20)25-21(27)18-10-13-8-14(23)6-7-16(13)24-18/h2-8,10,17,19-20,24H,9,11H2,1H3,(H,25,27)/t17-,19-,20-/m1/s1. The van der Waals surface area contributed by atoms with E-state index in [0.29, 0.717) is 29.6 Å². The van der Waals surface area contributed by atoms with Crippen LogP contribution in [0.4, 0.5) is 4.39 Å². The molecule has 0 spiro atoms. The summed E-state index contributed by atoms with van der Waals surface area (Å²) in [4.78, 5) is 30.2. The minimum atomic E-state index is -0.382. The van der Waals surface area contributed by atoms with Crippen LogP contribution in [0, 0.1) is 5.82 Å². The lowest BCUT2D eigenvalue weighted by atomic mass is 10.0. The van der Waals surface area contributed by atoms with Crippen molar-refractivity contribution < 1.29 is 18.7 Å². The number of likely N-dealkylation sites (N-methyl/N-ethyl adjacent to an activating group) is 1. The summed E-state index contributed by atoms with van der Waals surface area (Å²) >= 11 is 0. The zero-order valence-electron chi connectivity index (χ0n) is 15.8. The number of carbonyl (C=O) groups excluding carboxylic acids is 2. The van der Waals surface area contributed by atoms with E-state index in [9.17, 15) is 14.0 Å². The summed E-state index contributed by atoms with van der Waals surface area (Å²) in [6, 6.07) is 13.4. The minimum Gasteiger partial charge on any atom is -0.363 e. The van der Waals surface area contributed by atoms with Gasteiger partial charge in [0.15, 0.2) is 6.10 Å². The number of epoxide rings is 1. The Balaban J connectivity index is 1.42. The third-order valence-corrected chi connectivity index (χ3v) is 5.71. The van der Waals surface area contributed by atoms with Gasteiger partial charge in [0, 0.05) is 18.0 Å². The molecular weight excluding hydrogens is 373 g/mol. The van der Waals surface area contributed by atoms with Crippen molar-refractivity contribution in [1.29, 1.82) is 0 Å². The Hall–Kier alpha value is -3.19. The highest BCUT2D eigenvalue weighted by Crippen LogP contribution is 2.36. The first-order valence-corrected chi connectivity index (χ1v) is 9.56. The van der Waals surface area contributed by atoms with Gasteiger partial charge in [-0.15, -0.1) is 0 Å². The van der Waals surface area contributed by atoms with Crippen LogP contribution < -0.4 is 5.32 Å². The van der Waals surface area contributed by atoms with Gasteiger partial charge in [-0.3, -0.25) is 9.59 Å². The first-order chi connectivity index (χ1) is 14.0. The molecule has 0 unspecified atom stereocenters. The number of H-pyrrole nitrogens is 1. The number of halogens is 1. The molecule has 1 aliphatic carbocycles. The van der Waals surface area contributed by atoms with E-state index in [0.717, 1.165) is 11.1 Å². The number of carbonyl (C=O) groups is 2. The smallest absolute Gasteiger partial charge is 0.268 e. The fourth-order valence-electron chi connectivity index (χ4n) is 4.21. The lowest BCUT2D eigenvalue weighted by molar-refractivity contribution is -0.133. The van der Waals surface area contributed by atoms with Crippen LogP contribution in [-0.4, -0.2) is 47.5 Å². The van der Waals surface area contributed by atoms with Gasteiger partial charge in [0.25, 0.3) is 11.8 Å². The number of rotatable bonds is 4. The van der Waals surface area contributed by atoms with Gasteiger partial charge in [0.2, 0.25) is 0 Å². The summed E-state index contributed by atoms with van der Waals surface area (Å²) < 4.78 is 18.6. The molecule has 1 saturated heterocycles. The van der Waals surface area contributed by atoms with Crippen LogP contribution in [0.25, 0.3) is 10.9 Å². The number of aromatic amines is 1. The number of ether oxygens (including phenoxy) is 1. The van der Waals surface area contributed by atoms with Crippen molar-refractivity contribution in [2.24, 2.45) is 0 Å². The van der Waals surface area contributed by atoms with Gasteiger partial charge >= 0.3 is 0 Å². The molecule has 6 nitrogen and oxygen atoms in total. The van der Waals surface area contributed by atoms with Crippen molar-refractivity contribution in [3.63, 3.8) is 0 Å². The van der Waals surface area contributed by atoms with Crippen molar-refractivity contribution in [1.82, 2.24) is 15.2 Å². The van der Waals surface area contributed by atoms with Crippen LogP contribution in [0.15, 0.2) is 48.5 Å². The van der Waals surface area contributed by atoms with Gasteiger partial charge < -0.3 is 19.9 Å². The maximum Gasteiger partial charge on any atom is 0.268 e. The normalized spacial score (nSPS) is 22.3. The second kappa shape index (κ2) is 6.70. The third-order valence-electron chi connectivity index (χ3n) is 5.71. The van der Waals surface area contributed by atoms with E-state index < -0.39 is 0 Å². The molecule has 2 amide bonds. The van der Waals surface area contributed by atoms with Gasteiger partial charge in [0.05, 0.1) is 18.7 Å². The van der Waals surface area contributed by atoms with Crippen LogP contribution in [0.5, 0.6) is 0 Å². The molecule has 0 radical (unpaired) electrons. The number of nitrogens with zero attached hydrogens (tertiary/aromatic N) is 1. The van der Waals surface area contributed by atoms with E-state index in [-0.39, 0.29) is 35.8 Å². The maximum absolute atomic E-state index is 13.5. The lowest BCUT2D eigenvalue weighted by Gasteiger charge is -2.30. The van der Waals surface area contributed by atoms with Gasteiger partial charge in [-0.2, -0.15) is 0 Å². The molecular formula is C22H20FN3O3. The molecule has 29 heavy (non-hydrogen) atoms. The van der Waals surface area contributed by atoms with Crippen LogP contribution in [-0.2, 0) is 16.0 Å². The number of aromatic nitrogens is 1. The SMILES string of the molecule is CN(C(=O)[C@H]1CO1)[C@@H]1c2ccccc2C[C@H]1NC(=O)c1cc2cc(F)ccc2[nH]1. The first kappa shape index (κ1) is 17.9. The first-order valence-electron chi connectivity index (χ1n) is 9.56. The highest BCUT2D eigenvalue weighted by molar-refractivity contribution is 5.98. The fourth-order valence-corrected chi connectivity index (χ4v) is 4.21. The topological polar surface area (TPSA) is 77.7 Å². The molecule has 3 aromatic rings. The largest absolute Gasteiger partial charge is 0.363 e. The van der Waals surface area contributed by atoms with Gasteiger partial charge in [0.1, 0.15) is 11.5 Å². The predicted octanol–water partition coefficient (Wildman–Crippen LogP) is 2.56. The Kier molecular flexibility index (Phi) is 4.13. The van der Waals surface area contributed by atoms with E-state index in [2.05, 4.69) is 10.3 Å². The minimum absolute atomic E-state index is 0.0768. The average molecular weight is 393 g/mol. The fraction of sp³-hybridized carbons (Fsp3) is 0.273. The average Bonchev–Trinajstić information content (AvgIpc) is 3.37. The second-order valence-electron chi connectivity index (χ2n) is 7.61. The molecule has 2 N–H and O–H groups in total. The van der Waals surface area contributed by atoms with Crippen molar-refractivity contribution >= 4 is 22.7 Å². The monoisotopic (exact) mass is 393 g/mol. The molecule has 3 atom stereocenters. The van der Waals surface area contributed by atoms with Crippen molar-refractivity contribution in [3.05, 3.63) is 71.2 Å². The number of nitrogens with one attached hydrogen (secondary N) is 2. The molecule has 7 heteroatoms. The Morgan fingerprint density at radius 2 is 2.00 bits per heavy atom. The molecule has 1 aromatic heterocycles. The zero-order valence-corrected chi connectivity index (χ0v) is 15.8. The molecule has 5 rings (SSSR count). The summed E-state index contributed by atoms with van der Waals surface area (Å²) in [5.74, 6) is -0.711. The van der Waals surface area contributed by atoms with E-state index in [1.54, 1.807) is 24.1 Å². The predicted molar refractivity (Wildman–Crippen MR) is 105 cm³/mol. The van der Waals surface area contributed by atoms with Gasteiger partial charge in [-0.1, -0.05) is 24.3 Å². The van der Waals surface area contributed by atoms with Crippen LogP contribution >= 0.6 is 0 Å². The van der Waals surface area contributed by atoms with E-state index in [1.807, 2.05) is 24.3 Å². The quantitative estimate of drug-likeness (QED) is 0.669. The summed E-state index contributed by atoms with van der Waals surface area (Å²) in [5.41, 5.74) is 3.20. The highest BCUT2D eigenvalue weighted by Gasteiger charge is 2.42. The molecule has 148 valence electrons. The van der Waals surface area contributed by atoms with Crippen LogP contribution in [0.1, 0.15) is 27.7 Å². The number of hydrogen-bond donors (Lipinski definition) is 2. The highest BCUT2D eigenvalue weighted by atomic mass is 19.1. The van der Waals surface area contributed by atoms with Crippen molar-refractivity contribution in [2.75, 3.05) is 13.7 Å². The third kappa shape index (κ3) is 3.17. The van der Waals surface area contributed by atoms with Crippen molar-refractivity contribution in [2.45, 2.75) is 24.6 Å². The van der Waals surface area contributed by atoms with Gasteiger partial charge in [-0.05, 0) is 41.8 Å². The summed E-state index contributed by atoms with van der Waals surface area (Å²) in [5, 5.41) is 3.70. The number of benzene rings is 2. The molecule has 1 fully saturated rings. The molecule has 2 aromatic carbocycles. The lowest BCUT2D eigenvalue weighted by Crippen LogP contribution is -2.46. The van der Waals surface area contributed by atoms with Crippen LogP contribution in [0.2, 0.25) is 0 Å². The summed E-state index contributed by atoms with van der Waals surface area (Å²) in [6.45, 7) is 0.445. The van der Waals surface area contributed by atoms with E-state index >= 15 is 0 Å². The molecule has 2 aliphatic rings. The maximum atomic E-state index is 13.5. The molecule has 0 saturated carbocycles. The number of hydrogen-bond acceptors (Lipinski definition) is 3. The van der Waals surface area contributed by atoms with Crippen molar-refractivity contribution in [3.8, 4) is 0 Å². The number of amides is 2. The Labute approximate surface area is 166 Å². The Morgan fingerprint density at radius 1 is 1.21 bits per heavy atom. The summed E-state index contributed by atoms with van der Waals surface area (Å²) in [7, 11) is 1.75. The Morgan fingerprint density at radius 3 is 2.79 bits per heavy atom. The van der Waals surface area contributed by atoms with E-state index in [4.69, 9.17) is 4.74 Å².